The van der Waals surface area contributed by atoms with E-state index < -0.39 is 0 Å². The largest absolute Gasteiger partial charge is 0.207 e. The highest BCUT2D eigenvalue weighted by Crippen LogP contribution is 2.32. The van der Waals surface area contributed by atoms with Crippen molar-refractivity contribution in [2.24, 2.45) is 5.92 Å². The molecule has 0 saturated heterocycles. The lowest BCUT2D eigenvalue weighted by Crippen LogP contribution is -1.99. The van der Waals surface area contributed by atoms with Gasteiger partial charge >= 0.3 is 0 Å². The molecule has 0 saturated carbocycles. The minimum atomic E-state index is -0.342. The Morgan fingerprint density at radius 1 is 1.12 bits per heavy atom. The Labute approximate surface area is 104 Å². The molecule has 90 valence electrons. The SMILES string of the molecule is Cc1cc(F)c(C(Br)CCC(C)C)cc1F. The van der Waals surface area contributed by atoms with Crippen LogP contribution in [-0.4, -0.2) is 0 Å². The summed E-state index contributed by atoms with van der Waals surface area (Å²) in [6, 6.07) is 2.55. The van der Waals surface area contributed by atoms with Gasteiger partial charge in [-0.25, -0.2) is 8.78 Å². The van der Waals surface area contributed by atoms with E-state index in [1.54, 1.807) is 6.92 Å². The molecule has 1 atom stereocenters. The van der Waals surface area contributed by atoms with Crippen LogP contribution in [0.4, 0.5) is 8.78 Å². The monoisotopic (exact) mass is 290 g/mol. The van der Waals surface area contributed by atoms with Gasteiger partial charge in [-0.1, -0.05) is 29.8 Å². The van der Waals surface area contributed by atoms with Gasteiger partial charge in [-0.15, -0.1) is 0 Å². The summed E-state index contributed by atoms with van der Waals surface area (Å²) in [5.74, 6) is -0.103. The number of rotatable bonds is 4. The van der Waals surface area contributed by atoms with Gasteiger partial charge in [0.05, 0.1) is 0 Å². The number of hydrogen-bond acceptors (Lipinski definition) is 0. The summed E-state index contributed by atoms with van der Waals surface area (Å²) in [6.45, 7) is 5.80. The van der Waals surface area contributed by atoms with E-state index in [1.807, 2.05) is 0 Å². The number of alkyl halides is 1. The molecule has 3 heteroatoms. The van der Waals surface area contributed by atoms with Crippen molar-refractivity contribution in [3.63, 3.8) is 0 Å². The molecular weight excluding hydrogens is 274 g/mol. The summed E-state index contributed by atoms with van der Waals surface area (Å²) < 4.78 is 26.9. The maximum Gasteiger partial charge on any atom is 0.128 e. The first-order chi connectivity index (χ1) is 7.41. The Bertz CT molecular complexity index is 361. The highest BCUT2D eigenvalue weighted by atomic mass is 79.9. The lowest BCUT2D eigenvalue weighted by atomic mass is 10.0. The molecule has 0 bridgehead atoms. The van der Waals surface area contributed by atoms with E-state index in [0.717, 1.165) is 12.8 Å². The molecule has 0 radical (unpaired) electrons. The van der Waals surface area contributed by atoms with Crippen LogP contribution in [0.1, 0.15) is 42.6 Å². The first kappa shape index (κ1) is 13.6. The molecule has 0 fully saturated rings. The summed E-state index contributed by atoms with van der Waals surface area (Å²) in [6.07, 6.45) is 1.81. The molecule has 1 aromatic carbocycles. The van der Waals surface area contributed by atoms with Crippen molar-refractivity contribution >= 4 is 15.9 Å². The van der Waals surface area contributed by atoms with Crippen molar-refractivity contribution in [3.8, 4) is 0 Å². The van der Waals surface area contributed by atoms with Crippen molar-refractivity contribution in [1.82, 2.24) is 0 Å². The average Bonchev–Trinajstić information content (AvgIpc) is 2.20. The zero-order chi connectivity index (χ0) is 12.3. The Morgan fingerprint density at radius 2 is 1.75 bits per heavy atom. The van der Waals surface area contributed by atoms with Gasteiger partial charge < -0.3 is 0 Å². The molecule has 0 aliphatic heterocycles. The Hall–Kier alpha value is -0.440. The van der Waals surface area contributed by atoms with Crippen molar-refractivity contribution < 1.29 is 8.78 Å². The van der Waals surface area contributed by atoms with Gasteiger partial charge in [-0.3, -0.25) is 0 Å². The molecule has 1 unspecified atom stereocenters. The summed E-state index contributed by atoms with van der Waals surface area (Å²) in [4.78, 5) is -0.106. The van der Waals surface area contributed by atoms with Crippen molar-refractivity contribution in [1.29, 1.82) is 0 Å². The molecule has 16 heavy (non-hydrogen) atoms. The van der Waals surface area contributed by atoms with E-state index in [2.05, 4.69) is 29.8 Å². The molecule has 0 aliphatic rings. The quantitative estimate of drug-likeness (QED) is 0.673. The van der Waals surface area contributed by atoms with Crippen LogP contribution in [0, 0.1) is 24.5 Å². The van der Waals surface area contributed by atoms with Crippen LogP contribution < -0.4 is 0 Å². The molecule has 1 rings (SSSR count). The number of aryl methyl sites for hydroxylation is 1. The lowest BCUT2D eigenvalue weighted by Gasteiger charge is -2.13. The fourth-order valence-electron chi connectivity index (χ4n) is 1.54. The number of benzene rings is 1. The first-order valence-corrected chi connectivity index (χ1v) is 6.43. The Balaban J connectivity index is 2.82. The van der Waals surface area contributed by atoms with Crippen LogP contribution in [-0.2, 0) is 0 Å². The molecule has 0 aliphatic carbocycles. The number of hydrogen-bond donors (Lipinski definition) is 0. The van der Waals surface area contributed by atoms with E-state index in [9.17, 15) is 8.78 Å². The maximum absolute atomic E-state index is 13.6. The second kappa shape index (κ2) is 5.76. The third-order valence-corrected chi connectivity index (χ3v) is 3.56. The lowest BCUT2D eigenvalue weighted by molar-refractivity contribution is 0.534. The summed E-state index contributed by atoms with van der Waals surface area (Å²) in [5, 5.41) is 0. The third-order valence-electron chi connectivity index (χ3n) is 2.61. The van der Waals surface area contributed by atoms with Gasteiger partial charge in [-0.05, 0) is 43.4 Å². The standard InChI is InChI=1S/C13H17BrF2/c1-8(2)4-5-11(14)10-7-12(15)9(3)6-13(10)16/h6-8,11H,4-5H2,1-3H3. The average molecular weight is 291 g/mol. The Morgan fingerprint density at radius 3 is 2.31 bits per heavy atom. The van der Waals surface area contributed by atoms with Crippen molar-refractivity contribution in [3.05, 3.63) is 34.9 Å². The highest BCUT2D eigenvalue weighted by molar-refractivity contribution is 9.09. The van der Waals surface area contributed by atoms with Gasteiger partial charge in [-0.2, -0.15) is 0 Å². The van der Waals surface area contributed by atoms with E-state index in [-0.39, 0.29) is 16.5 Å². The molecule has 0 amide bonds. The molecular formula is C13H17BrF2. The maximum atomic E-state index is 13.6. The fraction of sp³-hybridized carbons (Fsp3) is 0.538. The van der Waals surface area contributed by atoms with Gasteiger partial charge in [0.1, 0.15) is 11.6 Å². The summed E-state index contributed by atoms with van der Waals surface area (Å²) >= 11 is 3.42. The van der Waals surface area contributed by atoms with Crippen LogP contribution in [0.2, 0.25) is 0 Å². The topological polar surface area (TPSA) is 0 Å². The fourth-order valence-corrected chi connectivity index (χ4v) is 2.15. The normalized spacial score (nSPS) is 13.2. The predicted molar refractivity (Wildman–Crippen MR) is 66.8 cm³/mol. The molecule has 0 nitrogen and oxygen atoms in total. The van der Waals surface area contributed by atoms with E-state index in [4.69, 9.17) is 0 Å². The zero-order valence-corrected chi connectivity index (χ0v) is 11.4. The van der Waals surface area contributed by atoms with Crippen LogP contribution in [0.3, 0.4) is 0 Å². The van der Waals surface area contributed by atoms with Crippen LogP contribution >= 0.6 is 15.9 Å². The second-order valence-electron chi connectivity index (χ2n) is 4.56. The molecule has 0 spiro atoms. The predicted octanol–water partition coefficient (Wildman–Crippen LogP) is 5.15. The summed E-state index contributed by atoms with van der Waals surface area (Å²) in [5.41, 5.74) is 0.772. The summed E-state index contributed by atoms with van der Waals surface area (Å²) in [7, 11) is 0. The molecule has 1 aromatic rings. The van der Waals surface area contributed by atoms with Crippen molar-refractivity contribution in [2.75, 3.05) is 0 Å². The van der Waals surface area contributed by atoms with Gasteiger partial charge in [0.2, 0.25) is 0 Å². The smallest absolute Gasteiger partial charge is 0.128 e. The first-order valence-electron chi connectivity index (χ1n) is 5.51. The van der Waals surface area contributed by atoms with Gasteiger partial charge in [0.25, 0.3) is 0 Å². The van der Waals surface area contributed by atoms with Crippen LogP contribution in [0.5, 0.6) is 0 Å². The van der Waals surface area contributed by atoms with E-state index >= 15 is 0 Å². The number of halogens is 3. The highest BCUT2D eigenvalue weighted by Gasteiger charge is 2.15. The minimum Gasteiger partial charge on any atom is -0.207 e. The third kappa shape index (κ3) is 3.55. The molecule has 0 N–H and O–H groups in total. The van der Waals surface area contributed by atoms with Crippen molar-refractivity contribution in [2.45, 2.75) is 38.4 Å². The van der Waals surface area contributed by atoms with Gasteiger partial charge in [0, 0.05) is 10.4 Å². The molecule has 0 heterocycles. The second-order valence-corrected chi connectivity index (χ2v) is 5.67. The van der Waals surface area contributed by atoms with Crippen LogP contribution in [0.25, 0.3) is 0 Å². The zero-order valence-electron chi connectivity index (χ0n) is 9.86. The van der Waals surface area contributed by atoms with E-state index in [0.29, 0.717) is 17.0 Å². The van der Waals surface area contributed by atoms with Crippen LogP contribution in [0.15, 0.2) is 12.1 Å². The van der Waals surface area contributed by atoms with Gasteiger partial charge in [0.15, 0.2) is 0 Å². The molecule has 0 aromatic heterocycles. The minimum absolute atomic E-state index is 0.106. The van der Waals surface area contributed by atoms with E-state index in [1.165, 1.54) is 12.1 Å². The Kier molecular flexibility index (Phi) is 4.90.